The monoisotopic (exact) mass is 519 g/mol. The van der Waals surface area contributed by atoms with Gasteiger partial charge in [-0.15, -0.1) is 0 Å². The van der Waals surface area contributed by atoms with Crippen molar-refractivity contribution in [3.05, 3.63) is 36.0 Å². The van der Waals surface area contributed by atoms with E-state index in [9.17, 15) is 18.3 Å². The van der Waals surface area contributed by atoms with Crippen molar-refractivity contribution in [3.8, 4) is 23.1 Å². The van der Waals surface area contributed by atoms with Crippen molar-refractivity contribution in [2.24, 2.45) is 0 Å². The molecule has 11 nitrogen and oxygen atoms in total. The van der Waals surface area contributed by atoms with Crippen LogP contribution in [0.2, 0.25) is 0 Å². The Bertz CT molecular complexity index is 1480. The number of alkyl halides is 3. The molecule has 0 unspecified atom stereocenters. The molecule has 1 aliphatic heterocycles. The molecule has 194 valence electrons. The Morgan fingerprint density at radius 1 is 1.08 bits per heavy atom. The van der Waals surface area contributed by atoms with Crippen molar-refractivity contribution in [3.63, 3.8) is 0 Å². The van der Waals surface area contributed by atoms with Crippen molar-refractivity contribution in [2.45, 2.75) is 20.0 Å². The molecule has 0 saturated carbocycles. The van der Waals surface area contributed by atoms with Crippen LogP contribution in [0.4, 0.5) is 25.1 Å². The highest BCUT2D eigenvalue weighted by molar-refractivity contribution is 5.91. The van der Waals surface area contributed by atoms with Gasteiger partial charge in [-0.2, -0.15) is 18.2 Å². The van der Waals surface area contributed by atoms with E-state index < -0.39 is 12.1 Å². The first-order valence-electron chi connectivity index (χ1n) is 10.8. The molecule has 0 radical (unpaired) electrons. The molecule has 2 aromatic carbocycles. The second kappa shape index (κ2) is 10.2. The van der Waals surface area contributed by atoms with Crippen LogP contribution in [0.1, 0.15) is 12.6 Å². The molecular weight excluding hydrogens is 499 g/mol. The number of benzene rings is 2. The summed E-state index contributed by atoms with van der Waals surface area (Å²) in [6, 6.07) is 9.13. The second-order valence-electron chi connectivity index (χ2n) is 7.50. The summed E-state index contributed by atoms with van der Waals surface area (Å²) in [6.45, 7) is 5.19. The van der Waals surface area contributed by atoms with E-state index in [4.69, 9.17) is 24.1 Å². The van der Waals surface area contributed by atoms with Gasteiger partial charge in [0.05, 0.1) is 17.8 Å². The Labute approximate surface area is 206 Å². The van der Waals surface area contributed by atoms with Crippen molar-refractivity contribution in [1.82, 2.24) is 19.9 Å². The van der Waals surface area contributed by atoms with Gasteiger partial charge in [0.15, 0.2) is 11.5 Å². The predicted molar refractivity (Wildman–Crippen MR) is 125 cm³/mol. The van der Waals surface area contributed by atoms with Crippen molar-refractivity contribution in [2.75, 3.05) is 25.1 Å². The van der Waals surface area contributed by atoms with Crippen LogP contribution in [0.3, 0.4) is 0 Å². The number of ether oxygens (including phenoxy) is 3. The van der Waals surface area contributed by atoms with Gasteiger partial charge < -0.3 is 24.4 Å². The summed E-state index contributed by atoms with van der Waals surface area (Å²) >= 11 is 0. The second-order valence-corrected chi connectivity index (χ2v) is 7.50. The first kappa shape index (κ1) is 25.5. The van der Waals surface area contributed by atoms with Crippen LogP contribution in [-0.2, 0) is 4.79 Å². The van der Waals surface area contributed by atoms with Gasteiger partial charge in [-0.25, -0.2) is 19.7 Å². The number of halogens is 3. The molecule has 0 aliphatic carbocycles. The summed E-state index contributed by atoms with van der Waals surface area (Å²) in [5.74, 6) is -0.695. The molecule has 14 heteroatoms. The minimum absolute atomic E-state index is 0.175. The lowest BCUT2D eigenvalue weighted by molar-refractivity contribution is -0.192. The highest BCUT2D eigenvalue weighted by Crippen LogP contribution is 2.38. The van der Waals surface area contributed by atoms with Gasteiger partial charge >= 0.3 is 12.1 Å². The summed E-state index contributed by atoms with van der Waals surface area (Å²) in [5, 5.41) is 21.9. The zero-order chi connectivity index (χ0) is 26.7. The van der Waals surface area contributed by atoms with Crippen molar-refractivity contribution < 1.29 is 42.4 Å². The molecule has 0 amide bonds. The van der Waals surface area contributed by atoms with Gasteiger partial charge in [0, 0.05) is 5.39 Å². The van der Waals surface area contributed by atoms with E-state index in [2.05, 4.69) is 25.3 Å². The Hall–Kier alpha value is -4.62. The van der Waals surface area contributed by atoms with Crippen molar-refractivity contribution >= 4 is 39.7 Å². The number of aryl methyl sites for hydroxylation is 1. The summed E-state index contributed by atoms with van der Waals surface area (Å²) in [5.41, 5.74) is 1.96. The largest absolute Gasteiger partial charge is 0.493 e. The van der Waals surface area contributed by atoms with E-state index >= 15 is 0 Å². The maximum Gasteiger partial charge on any atom is 0.490 e. The average Bonchev–Trinajstić information content (AvgIpc) is 2.84. The Kier molecular flexibility index (Phi) is 7.00. The standard InChI is InChI=1S/C21H19N5O4.C2HF3O2/c1-3-28-14-6-4-5-13-16(14)19(27)25-21(23-13)26-20-22-11(2)12-7-8-15-18(17(12)24-20)30-10-9-29-15;3-2(4,5)1(6)7/h4-8H,3,9-10H2,1-2H3,(H2,22,23,24,25,26,27);(H,6,7). The van der Waals surface area contributed by atoms with E-state index in [1.54, 1.807) is 12.1 Å². The van der Waals surface area contributed by atoms with Gasteiger partial charge in [-0.3, -0.25) is 5.32 Å². The number of aromatic nitrogens is 4. The molecule has 1 aliphatic rings. The molecule has 5 rings (SSSR count). The topological polar surface area (TPSA) is 149 Å². The number of hydrogen-bond acceptors (Lipinski definition) is 10. The third kappa shape index (κ3) is 5.47. The first-order valence-corrected chi connectivity index (χ1v) is 10.8. The molecular formula is C23H20F3N5O6. The third-order valence-corrected chi connectivity index (χ3v) is 5.00. The predicted octanol–water partition coefficient (Wildman–Crippen LogP) is 4.13. The number of nitrogens with one attached hydrogen (secondary N) is 1. The Morgan fingerprint density at radius 3 is 2.49 bits per heavy atom. The first-order chi connectivity index (χ1) is 17.6. The number of nitrogens with zero attached hydrogens (tertiary/aromatic N) is 4. The van der Waals surface area contributed by atoms with Crippen LogP contribution in [0.15, 0.2) is 30.3 Å². The van der Waals surface area contributed by atoms with Crippen LogP contribution in [0.5, 0.6) is 23.1 Å². The van der Waals surface area contributed by atoms with Crippen LogP contribution >= 0.6 is 0 Å². The maximum absolute atomic E-state index is 10.6. The molecule has 3 N–H and O–H groups in total. The van der Waals surface area contributed by atoms with Crippen LogP contribution in [-0.4, -0.2) is 62.1 Å². The summed E-state index contributed by atoms with van der Waals surface area (Å²) in [7, 11) is 0. The number of fused-ring (bicyclic) bond motifs is 4. The maximum atomic E-state index is 10.6. The van der Waals surface area contributed by atoms with Crippen molar-refractivity contribution in [1.29, 1.82) is 0 Å². The number of rotatable bonds is 4. The smallest absolute Gasteiger partial charge is 0.490 e. The van der Waals surface area contributed by atoms with E-state index in [0.29, 0.717) is 59.4 Å². The van der Waals surface area contributed by atoms with Gasteiger partial charge in [0.25, 0.3) is 0 Å². The summed E-state index contributed by atoms with van der Waals surface area (Å²) in [6.07, 6.45) is -5.08. The fourth-order valence-electron chi connectivity index (χ4n) is 3.47. The van der Waals surface area contributed by atoms with E-state index in [-0.39, 0.29) is 11.8 Å². The molecule has 3 heterocycles. The number of carboxylic acid groups (broad SMARTS) is 1. The number of anilines is 2. The summed E-state index contributed by atoms with van der Waals surface area (Å²) < 4.78 is 48.7. The fourth-order valence-corrected chi connectivity index (χ4v) is 3.47. The number of carbonyl (C=O) groups is 1. The summed E-state index contributed by atoms with van der Waals surface area (Å²) in [4.78, 5) is 26.6. The average molecular weight is 519 g/mol. The zero-order valence-corrected chi connectivity index (χ0v) is 19.5. The Balaban J connectivity index is 0.000000405. The number of aliphatic carboxylic acids is 1. The Morgan fingerprint density at radius 2 is 1.78 bits per heavy atom. The van der Waals surface area contributed by atoms with Gasteiger partial charge in [0.1, 0.15) is 29.9 Å². The number of aromatic hydroxyl groups is 1. The molecule has 2 aromatic heterocycles. The lowest BCUT2D eigenvalue weighted by atomic mass is 10.1. The number of carboxylic acids is 1. The highest BCUT2D eigenvalue weighted by Gasteiger charge is 2.38. The molecule has 0 bridgehead atoms. The lowest BCUT2D eigenvalue weighted by Crippen LogP contribution is -2.21. The molecule has 4 aromatic rings. The van der Waals surface area contributed by atoms with Crippen LogP contribution in [0.25, 0.3) is 21.8 Å². The quantitative estimate of drug-likeness (QED) is 0.357. The van der Waals surface area contributed by atoms with Crippen LogP contribution in [0, 0.1) is 6.92 Å². The SMILES string of the molecule is CCOc1cccc2nc(Nc3nc(C)c4ccc5c(c4n3)OCCO5)nc(O)c12.O=C(O)C(F)(F)F. The van der Waals surface area contributed by atoms with E-state index in [1.165, 1.54) is 0 Å². The number of hydrogen-bond donors (Lipinski definition) is 3. The van der Waals surface area contributed by atoms with E-state index in [1.807, 2.05) is 32.0 Å². The van der Waals surface area contributed by atoms with Gasteiger partial charge in [-0.05, 0) is 38.1 Å². The fraction of sp³-hybridized carbons (Fsp3) is 0.261. The molecule has 0 spiro atoms. The van der Waals surface area contributed by atoms with E-state index in [0.717, 1.165) is 11.1 Å². The lowest BCUT2D eigenvalue weighted by Gasteiger charge is -2.20. The van der Waals surface area contributed by atoms with Crippen LogP contribution < -0.4 is 19.5 Å². The third-order valence-electron chi connectivity index (χ3n) is 5.00. The molecule has 0 saturated heterocycles. The molecule has 37 heavy (non-hydrogen) atoms. The highest BCUT2D eigenvalue weighted by atomic mass is 19.4. The molecule has 0 fully saturated rings. The van der Waals surface area contributed by atoms with Gasteiger partial charge in [0.2, 0.25) is 17.8 Å². The van der Waals surface area contributed by atoms with Gasteiger partial charge in [-0.1, -0.05) is 6.07 Å². The minimum atomic E-state index is -5.08. The minimum Gasteiger partial charge on any atom is -0.493 e. The zero-order valence-electron chi connectivity index (χ0n) is 19.5. The molecule has 0 atom stereocenters. The normalized spacial score (nSPS) is 12.6.